The van der Waals surface area contributed by atoms with Crippen LogP contribution in [0.3, 0.4) is 0 Å². The van der Waals surface area contributed by atoms with Gasteiger partial charge in [0.15, 0.2) is 0 Å². The van der Waals surface area contributed by atoms with Gasteiger partial charge in [0.05, 0.1) is 23.9 Å². The van der Waals surface area contributed by atoms with Crippen LogP contribution in [-0.2, 0) is 9.59 Å². The highest BCUT2D eigenvalue weighted by molar-refractivity contribution is 6.11. The second-order valence-corrected chi connectivity index (χ2v) is 9.61. The molecule has 35 heavy (non-hydrogen) atoms. The average Bonchev–Trinajstić information content (AvgIpc) is 3.66. The van der Waals surface area contributed by atoms with Gasteiger partial charge in [-0.05, 0) is 48.3 Å². The van der Waals surface area contributed by atoms with Crippen LogP contribution in [0, 0.1) is 45.6 Å². The number of allylic oxidation sites excluding steroid dienone is 2. The van der Waals surface area contributed by atoms with Crippen LogP contribution in [0.1, 0.15) is 16.8 Å². The summed E-state index contributed by atoms with van der Waals surface area (Å²) < 4.78 is 5.29. The molecule has 2 bridgehead atoms. The number of hydrogen-bond acceptors (Lipinski definition) is 6. The van der Waals surface area contributed by atoms with Gasteiger partial charge >= 0.3 is 0 Å². The lowest BCUT2D eigenvalue weighted by Crippen LogP contribution is -2.45. The number of ether oxygens (including phenoxy) is 1. The molecule has 1 aliphatic heterocycles. The quantitative estimate of drug-likeness (QED) is 0.276. The smallest absolute Gasteiger partial charge is 0.282 e. The summed E-state index contributed by atoms with van der Waals surface area (Å²) in [6.45, 7) is -0.322. The first-order chi connectivity index (χ1) is 16.9. The van der Waals surface area contributed by atoms with Crippen molar-refractivity contribution in [1.29, 1.82) is 0 Å². The summed E-state index contributed by atoms with van der Waals surface area (Å²) in [7, 11) is 1.49. The highest BCUT2D eigenvalue weighted by atomic mass is 16.6. The lowest BCUT2D eigenvalue weighted by Gasteiger charge is -2.37. The fourth-order valence-corrected chi connectivity index (χ4v) is 6.30. The lowest BCUT2D eigenvalue weighted by molar-refractivity contribution is -0.385. The molecule has 0 radical (unpaired) electrons. The molecule has 3 amide bonds. The van der Waals surface area contributed by atoms with Crippen LogP contribution in [0.4, 0.5) is 11.4 Å². The Balaban J connectivity index is 1.38. The van der Waals surface area contributed by atoms with Gasteiger partial charge in [-0.25, -0.2) is 0 Å². The average molecular weight is 473 g/mol. The molecule has 0 aromatic heterocycles. The molecule has 2 aromatic rings. The standard InChI is InChI=1S/C26H23N3O6/c1-35-15-6-4-5-14(11-15)27(24(30)18-7-2-3-8-21(18)29(33)34)13-28-25(31)22-16-9-10-17(20-12-19(16)20)23(22)26(28)32/h2-11,16-17,19-20,22-23H,12-13H2,1H3. The van der Waals surface area contributed by atoms with Crippen molar-refractivity contribution >= 4 is 29.1 Å². The molecule has 2 aromatic carbocycles. The van der Waals surface area contributed by atoms with Crippen LogP contribution in [0.2, 0.25) is 0 Å². The monoisotopic (exact) mass is 473 g/mol. The zero-order valence-electron chi connectivity index (χ0n) is 18.9. The summed E-state index contributed by atoms with van der Waals surface area (Å²) in [6, 6.07) is 12.3. The molecule has 0 N–H and O–H groups in total. The molecule has 4 aliphatic carbocycles. The molecule has 178 valence electrons. The number of likely N-dealkylation sites (tertiary alicyclic amines) is 1. The molecule has 0 spiro atoms. The number of hydrogen-bond donors (Lipinski definition) is 0. The molecule has 3 fully saturated rings. The summed E-state index contributed by atoms with van der Waals surface area (Å²) >= 11 is 0. The van der Waals surface area contributed by atoms with Gasteiger partial charge in [0.1, 0.15) is 18.0 Å². The summed E-state index contributed by atoms with van der Waals surface area (Å²) in [4.78, 5) is 54.2. The van der Waals surface area contributed by atoms with Crippen molar-refractivity contribution in [3.8, 4) is 5.75 Å². The highest BCUT2D eigenvalue weighted by Gasteiger charge is 2.67. The van der Waals surface area contributed by atoms with E-state index in [0.29, 0.717) is 23.3 Å². The van der Waals surface area contributed by atoms with Crippen molar-refractivity contribution in [1.82, 2.24) is 4.90 Å². The number of imide groups is 1. The van der Waals surface area contributed by atoms with Crippen LogP contribution in [-0.4, -0.2) is 41.3 Å². The molecule has 1 heterocycles. The fourth-order valence-electron chi connectivity index (χ4n) is 6.30. The maximum atomic E-state index is 13.7. The van der Waals surface area contributed by atoms with Crippen molar-refractivity contribution in [2.24, 2.45) is 35.5 Å². The molecule has 6 unspecified atom stereocenters. The lowest BCUT2D eigenvalue weighted by atomic mass is 9.63. The molecule has 9 nitrogen and oxygen atoms in total. The highest BCUT2D eigenvalue weighted by Crippen LogP contribution is 2.65. The van der Waals surface area contributed by atoms with E-state index in [1.807, 2.05) is 0 Å². The first-order valence-electron chi connectivity index (χ1n) is 11.6. The number of carbonyl (C=O) groups is 3. The molecule has 2 saturated carbocycles. The molecular weight excluding hydrogens is 450 g/mol. The third-order valence-corrected chi connectivity index (χ3v) is 7.98. The van der Waals surface area contributed by atoms with Crippen LogP contribution < -0.4 is 9.64 Å². The van der Waals surface area contributed by atoms with Crippen LogP contribution in [0.15, 0.2) is 60.7 Å². The first kappa shape index (κ1) is 21.5. The summed E-state index contributed by atoms with van der Waals surface area (Å²) in [5.74, 6) is -0.481. The Bertz CT molecular complexity index is 1270. The predicted octanol–water partition coefficient (Wildman–Crippen LogP) is 3.26. The Labute approximate surface area is 201 Å². The first-order valence-corrected chi connectivity index (χ1v) is 11.6. The maximum absolute atomic E-state index is 13.7. The van der Waals surface area contributed by atoms with E-state index in [2.05, 4.69) is 12.2 Å². The van der Waals surface area contributed by atoms with E-state index in [0.717, 1.165) is 6.42 Å². The van der Waals surface area contributed by atoms with E-state index in [4.69, 9.17) is 4.74 Å². The molecule has 7 rings (SSSR count). The van der Waals surface area contributed by atoms with Gasteiger partial charge in [0.2, 0.25) is 11.8 Å². The number of methoxy groups -OCH3 is 1. The number of nitro groups is 1. The molecule has 5 aliphatic rings. The van der Waals surface area contributed by atoms with E-state index in [1.54, 1.807) is 30.3 Å². The van der Waals surface area contributed by atoms with Gasteiger partial charge in [-0.15, -0.1) is 0 Å². The van der Waals surface area contributed by atoms with Gasteiger partial charge in [-0.3, -0.25) is 34.3 Å². The zero-order valence-corrected chi connectivity index (χ0v) is 18.9. The minimum Gasteiger partial charge on any atom is -0.497 e. The summed E-state index contributed by atoms with van der Waals surface area (Å²) in [5, 5.41) is 11.6. The predicted molar refractivity (Wildman–Crippen MR) is 124 cm³/mol. The van der Waals surface area contributed by atoms with Gasteiger partial charge < -0.3 is 4.74 Å². The normalized spacial score (nSPS) is 29.6. The Kier molecular flexibility index (Phi) is 4.77. The van der Waals surface area contributed by atoms with E-state index in [9.17, 15) is 24.5 Å². The number of carbonyl (C=O) groups excluding carboxylic acids is 3. The Hall–Kier alpha value is -4.01. The number of anilines is 1. The maximum Gasteiger partial charge on any atom is 0.282 e. The summed E-state index contributed by atoms with van der Waals surface area (Å²) in [5.41, 5.74) is -0.104. The number of para-hydroxylation sites is 1. The second-order valence-electron chi connectivity index (χ2n) is 9.61. The van der Waals surface area contributed by atoms with E-state index < -0.39 is 22.7 Å². The SMILES string of the molecule is COc1cccc(N(CN2C(=O)C3C4C=CC(C5CC45)C3C2=O)C(=O)c2ccccc2[N+](=O)[O-])c1. The minimum absolute atomic E-state index is 0.0626. The third-order valence-electron chi connectivity index (χ3n) is 7.98. The Morgan fingerprint density at radius 2 is 1.71 bits per heavy atom. The van der Waals surface area contributed by atoms with Crippen molar-refractivity contribution in [2.75, 3.05) is 18.7 Å². The molecule has 1 saturated heterocycles. The van der Waals surface area contributed by atoms with E-state index >= 15 is 0 Å². The second kappa shape index (κ2) is 7.76. The van der Waals surface area contributed by atoms with Gasteiger partial charge in [-0.1, -0.05) is 30.4 Å². The van der Waals surface area contributed by atoms with Gasteiger partial charge in [0, 0.05) is 17.8 Å². The van der Waals surface area contributed by atoms with E-state index in [1.165, 1.54) is 35.1 Å². The number of rotatable bonds is 6. The van der Waals surface area contributed by atoms with Crippen LogP contribution in [0.25, 0.3) is 0 Å². The van der Waals surface area contributed by atoms with Crippen molar-refractivity contribution in [2.45, 2.75) is 6.42 Å². The Morgan fingerprint density at radius 1 is 1.06 bits per heavy atom. The minimum atomic E-state index is -0.676. The molecular formula is C26H23N3O6. The fraction of sp³-hybridized carbons (Fsp3) is 0.346. The van der Waals surface area contributed by atoms with Gasteiger partial charge in [-0.2, -0.15) is 0 Å². The number of benzene rings is 2. The number of nitrogens with zero attached hydrogens (tertiary/aromatic N) is 3. The van der Waals surface area contributed by atoms with E-state index in [-0.39, 0.29) is 41.6 Å². The van der Waals surface area contributed by atoms with Gasteiger partial charge in [0.25, 0.3) is 11.6 Å². The van der Waals surface area contributed by atoms with Crippen LogP contribution in [0.5, 0.6) is 5.75 Å². The zero-order chi connectivity index (χ0) is 24.4. The third kappa shape index (κ3) is 3.18. The molecule has 6 atom stereocenters. The topological polar surface area (TPSA) is 110 Å². The van der Waals surface area contributed by atoms with Crippen molar-refractivity contribution < 1.29 is 24.0 Å². The Morgan fingerprint density at radius 3 is 2.34 bits per heavy atom. The molecule has 9 heteroatoms. The van der Waals surface area contributed by atoms with Crippen molar-refractivity contribution in [3.63, 3.8) is 0 Å². The summed E-state index contributed by atoms with van der Waals surface area (Å²) in [6.07, 6.45) is 5.24. The van der Waals surface area contributed by atoms with Crippen molar-refractivity contribution in [3.05, 3.63) is 76.4 Å². The number of amides is 3. The van der Waals surface area contributed by atoms with Crippen LogP contribution >= 0.6 is 0 Å². The largest absolute Gasteiger partial charge is 0.497 e. The number of nitro benzene ring substituents is 1.